The molecular formula is C17H18N4O4. The van der Waals surface area contributed by atoms with Crippen molar-refractivity contribution < 1.29 is 14.5 Å². The first-order valence-electron chi connectivity index (χ1n) is 8.06. The van der Waals surface area contributed by atoms with Gasteiger partial charge in [0.05, 0.1) is 0 Å². The maximum Gasteiger partial charge on any atom is 0.368 e. The molecule has 3 rings (SSSR count). The van der Waals surface area contributed by atoms with Gasteiger partial charge >= 0.3 is 17.9 Å². The van der Waals surface area contributed by atoms with Crippen LogP contribution in [-0.4, -0.2) is 41.7 Å². The summed E-state index contributed by atoms with van der Waals surface area (Å²) in [6.07, 6.45) is 5.62. The van der Waals surface area contributed by atoms with E-state index in [0.717, 1.165) is 24.2 Å². The number of nitrogens with zero attached hydrogens (tertiary/aromatic N) is 3. The molecule has 0 spiro atoms. The molecule has 1 N–H and O–H groups in total. The summed E-state index contributed by atoms with van der Waals surface area (Å²) in [4.78, 5) is 38.9. The lowest BCUT2D eigenvalue weighted by molar-refractivity contribution is -0.493. The second-order valence-electron chi connectivity index (χ2n) is 6.08. The minimum Gasteiger partial charge on any atom is -0.372 e. The number of carbonyl (C=O) groups is 2. The molecule has 1 aromatic carbocycles. The second-order valence-corrected chi connectivity index (χ2v) is 6.08. The lowest BCUT2D eigenvalue weighted by Crippen LogP contribution is -2.50. The van der Waals surface area contributed by atoms with Gasteiger partial charge in [-0.1, -0.05) is 12.1 Å². The van der Waals surface area contributed by atoms with Crippen molar-refractivity contribution in [2.45, 2.75) is 25.8 Å². The van der Waals surface area contributed by atoms with Crippen molar-refractivity contribution in [2.75, 3.05) is 18.0 Å². The molecule has 0 bridgehead atoms. The molecule has 0 saturated carbocycles. The molecule has 1 aromatic rings. The number of anilines is 1. The number of aryl methyl sites for hydroxylation is 1. The fourth-order valence-electron chi connectivity index (χ4n) is 2.97. The number of hydrogen-bond acceptors (Lipinski definition) is 5. The summed E-state index contributed by atoms with van der Waals surface area (Å²) in [5.41, 5.74) is 3.15. The van der Waals surface area contributed by atoms with Crippen LogP contribution in [0.25, 0.3) is 6.08 Å². The predicted octanol–water partition coefficient (Wildman–Crippen LogP) is 1.31. The van der Waals surface area contributed by atoms with E-state index in [-0.39, 0.29) is 5.84 Å². The first kappa shape index (κ1) is 16.8. The lowest BCUT2D eigenvalue weighted by atomic mass is 10.1. The van der Waals surface area contributed by atoms with Crippen LogP contribution >= 0.6 is 0 Å². The van der Waals surface area contributed by atoms with Gasteiger partial charge < -0.3 is 10.2 Å². The highest BCUT2D eigenvalue weighted by Gasteiger charge is 2.41. The molecule has 25 heavy (non-hydrogen) atoms. The molecule has 130 valence electrons. The Morgan fingerprint density at radius 3 is 2.60 bits per heavy atom. The van der Waals surface area contributed by atoms with Crippen molar-refractivity contribution in [3.8, 4) is 0 Å². The Balaban J connectivity index is 1.76. The molecule has 0 aliphatic carbocycles. The number of amides is 2. The number of aliphatic imine (C=N–C) groups is 1. The van der Waals surface area contributed by atoms with Gasteiger partial charge in [-0.2, -0.15) is 4.99 Å². The number of carbonyl (C=O) groups excluding carboxylic acids is 2. The van der Waals surface area contributed by atoms with E-state index in [0.29, 0.717) is 0 Å². The number of hydrogen-bond donors (Lipinski definition) is 1. The number of nitro groups is 1. The summed E-state index contributed by atoms with van der Waals surface area (Å²) in [6, 6.07) is 4.14. The van der Waals surface area contributed by atoms with Crippen LogP contribution in [0.3, 0.4) is 0 Å². The Hall–Kier alpha value is -3.03. The minimum atomic E-state index is -1.96. The largest absolute Gasteiger partial charge is 0.372 e. The maximum atomic E-state index is 11.6. The van der Waals surface area contributed by atoms with E-state index in [1.807, 2.05) is 19.1 Å². The summed E-state index contributed by atoms with van der Waals surface area (Å²) >= 11 is 0. The van der Waals surface area contributed by atoms with Crippen molar-refractivity contribution in [1.29, 1.82) is 0 Å². The van der Waals surface area contributed by atoms with Gasteiger partial charge in [-0.05, 0) is 49.1 Å². The molecule has 1 unspecified atom stereocenters. The van der Waals surface area contributed by atoms with Crippen LogP contribution in [0.4, 0.5) is 5.69 Å². The molecule has 2 aliphatic rings. The zero-order valence-corrected chi connectivity index (χ0v) is 13.8. The van der Waals surface area contributed by atoms with Crippen molar-refractivity contribution in [3.63, 3.8) is 0 Å². The van der Waals surface area contributed by atoms with E-state index in [2.05, 4.69) is 21.3 Å². The SMILES string of the molecule is Cc1cc(N2CCCC2)ccc1/C=C/C1=NC(=O)C([N+](=O)[O-])C(=O)N1. The Bertz CT molecular complexity index is 794. The Labute approximate surface area is 144 Å². The van der Waals surface area contributed by atoms with Crippen LogP contribution in [0, 0.1) is 17.0 Å². The molecule has 2 heterocycles. The highest BCUT2D eigenvalue weighted by Crippen LogP contribution is 2.23. The standard InChI is InChI=1S/C17H18N4O4/c1-11-10-13(20-8-2-3-9-20)6-4-12(11)5-7-14-18-16(22)15(21(24)25)17(23)19-14/h4-7,10,15H,2-3,8-9H2,1H3,(H,18,19,22,23)/b7-5+. The van der Waals surface area contributed by atoms with E-state index in [1.54, 1.807) is 6.08 Å². The molecule has 2 amide bonds. The summed E-state index contributed by atoms with van der Waals surface area (Å²) < 4.78 is 0. The summed E-state index contributed by atoms with van der Waals surface area (Å²) in [7, 11) is 0. The number of rotatable bonds is 4. The van der Waals surface area contributed by atoms with Crippen molar-refractivity contribution in [3.05, 3.63) is 45.5 Å². The Morgan fingerprint density at radius 1 is 1.28 bits per heavy atom. The van der Waals surface area contributed by atoms with Gasteiger partial charge in [0.2, 0.25) is 0 Å². The fraction of sp³-hybridized carbons (Fsp3) is 0.353. The van der Waals surface area contributed by atoms with Crippen LogP contribution in [0.2, 0.25) is 0 Å². The zero-order chi connectivity index (χ0) is 18.0. The molecule has 1 fully saturated rings. The highest BCUT2D eigenvalue weighted by molar-refractivity contribution is 6.21. The lowest BCUT2D eigenvalue weighted by Gasteiger charge is -2.18. The number of nitrogens with one attached hydrogen (secondary N) is 1. The van der Waals surface area contributed by atoms with Gasteiger partial charge in [0.1, 0.15) is 5.84 Å². The molecule has 0 radical (unpaired) electrons. The van der Waals surface area contributed by atoms with Gasteiger partial charge in [0.25, 0.3) is 0 Å². The van der Waals surface area contributed by atoms with E-state index in [1.165, 1.54) is 24.6 Å². The first-order valence-corrected chi connectivity index (χ1v) is 8.06. The molecular weight excluding hydrogens is 324 g/mol. The van der Waals surface area contributed by atoms with Crippen LogP contribution in [-0.2, 0) is 9.59 Å². The molecule has 1 atom stereocenters. The first-order chi connectivity index (χ1) is 12.0. The molecule has 2 aliphatic heterocycles. The van der Waals surface area contributed by atoms with Gasteiger partial charge in [-0.25, -0.2) is 0 Å². The van der Waals surface area contributed by atoms with Gasteiger partial charge in [0.15, 0.2) is 0 Å². The summed E-state index contributed by atoms with van der Waals surface area (Å²) in [5.74, 6) is -2.02. The normalized spacial score (nSPS) is 20.8. The maximum absolute atomic E-state index is 11.6. The third kappa shape index (κ3) is 3.57. The molecule has 8 nitrogen and oxygen atoms in total. The van der Waals surface area contributed by atoms with Crippen LogP contribution in [0.1, 0.15) is 24.0 Å². The monoisotopic (exact) mass is 342 g/mol. The van der Waals surface area contributed by atoms with Gasteiger partial charge in [-0.3, -0.25) is 19.7 Å². The van der Waals surface area contributed by atoms with Crippen LogP contribution in [0.5, 0.6) is 0 Å². The Morgan fingerprint density at radius 2 is 2.00 bits per heavy atom. The average molecular weight is 342 g/mol. The smallest absolute Gasteiger partial charge is 0.368 e. The van der Waals surface area contributed by atoms with E-state index in [4.69, 9.17) is 0 Å². The second kappa shape index (κ2) is 6.84. The van der Waals surface area contributed by atoms with Crippen molar-refractivity contribution in [1.82, 2.24) is 5.32 Å². The molecule has 0 aromatic heterocycles. The third-order valence-corrected chi connectivity index (χ3v) is 4.32. The third-order valence-electron chi connectivity index (χ3n) is 4.32. The van der Waals surface area contributed by atoms with E-state index < -0.39 is 22.8 Å². The van der Waals surface area contributed by atoms with E-state index >= 15 is 0 Å². The highest BCUT2D eigenvalue weighted by atomic mass is 16.6. The minimum absolute atomic E-state index is 0.0103. The fourth-order valence-corrected chi connectivity index (χ4v) is 2.97. The summed E-state index contributed by atoms with van der Waals surface area (Å²) in [5, 5.41) is 13.0. The van der Waals surface area contributed by atoms with Gasteiger partial charge in [-0.15, -0.1) is 0 Å². The molecule has 8 heteroatoms. The van der Waals surface area contributed by atoms with Crippen molar-refractivity contribution in [2.24, 2.45) is 4.99 Å². The van der Waals surface area contributed by atoms with Crippen molar-refractivity contribution >= 4 is 29.4 Å². The number of benzene rings is 1. The average Bonchev–Trinajstić information content (AvgIpc) is 3.07. The topological polar surface area (TPSA) is 105 Å². The van der Waals surface area contributed by atoms with E-state index in [9.17, 15) is 19.7 Å². The molecule has 1 saturated heterocycles. The zero-order valence-electron chi connectivity index (χ0n) is 13.8. The summed E-state index contributed by atoms with van der Waals surface area (Å²) in [6.45, 7) is 4.11. The van der Waals surface area contributed by atoms with Gasteiger partial charge in [0, 0.05) is 23.7 Å². The Kier molecular flexibility index (Phi) is 4.60. The number of amidine groups is 1. The van der Waals surface area contributed by atoms with Crippen LogP contribution in [0.15, 0.2) is 29.3 Å². The predicted molar refractivity (Wildman–Crippen MR) is 93.0 cm³/mol. The quantitative estimate of drug-likeness (QED) is 0.504. The van der Waals surface area contributed by atoms with Crippen LogP contribution < -0.4 is 10.2 Å².